The molecule has 0 aliphatic rings. The van der Waals surface area contributed by atoms with Crippen LogP contribution in [0.5, 0.6) is 0 Å². The Balaban J connectivity index is 2.00. The molecule has 0 spiro atoms. The highest BCUT2D eigenvalue weighted by molar-refractivity contribution is 6.13. The Labute approximate surface area is 159 Å². The van der Waals surface area contributed by atoms with Crippen LogP contribution in [0.15, 0.2) is 54.6 Å². The highest BCUT2D eigenvalue weighted by Crippen LogP contribution is 2.19. The van der Waals surface area contributed by atoms with Gasteiger partial charge in [-0.1, -0.05) is 49.4 Å². The van der Waals surface area contributed by atoms with E-state index in [1.807, 2.05) is 13.0 Å². The molecule has 2 rings (SSSR count). The minimum Gasteiger partial charge on any atom is -0.351 e. The van der Waals surface area contributed by atoms with Gasteiger partial charge in [-0.2, -0.15) is 0 Å². The van der Waals surface area contributed by atoms with Gasteiger partial charge in [0.15, 0.2) is 18.9 Å². The second kappa shape index (κ2) is 10.2. The van der Waals surface area contributed by atoms with E-state index >= 15 is 0 Å². The first kappa shape index (κ1) is 20.3. The van der Waals surface area contributed by atoms with E-state index in [9.17, 15) is 14.4 Å². The van der Waals surface area contributed by atoms with Crippen LogP contribution in [0.4, 0.5) is 5.69 Å². The van der Waals surface area contributed by atoms with Gasteiger partial charge in [0.05, 0.1) is 12.7 Å². The number of amides is 2. The molecule has 2 amide bonds. The summed E-state index contributed by atoms with van der Waals surface area (Å²) in [6.45, 7) is 2.97. The molecule has 0 saturated carbocycles. The lowest BCUT2D eigenvalue weighted by atomic mass is 10.0. The molecule has 2 aromatic carbocycles. The zero-order valence-corrected chi connectivity index (χ0v) is 15.7. The molecule has 6 heteroatoms. The number of hydrogen-bond donors (Lipinski definition) is 3. The third kappa shape index (κ3) is 6.34. The van der Waals surface area contributed by atoms with Crippen molar-refractivity contribution in [2.75, 3.05) is 32.0 Å². The zero-order valence-electron chi connectivity index (χ0n) is 15.7. The van der Waals surface area contributed by atoms with Crippen molar-refractivity contribution in [3.05, 3.63) is 65.7 Å². The number of hydrogen-bond acceptors (Lipinski definition) is 3. The number of ketones is 1. The van der Waals surface area contributed by atoms with Crippen LogP contribution in [0.2, 0.25) is 0 Å². The molecule has 2 aromatic rings. The van der Waals surface area contributed by atoms with Gasteiger partial charge in [0.25, 0.3) is 11.8 Å². The summed E-state index contributed by atoms with van der Waals surface area (Å²) in [5.41, 5.74) is 1.48. The second-order valence-corrected chi connectivity index (χ2v) is 6.45. The molecule has 1 atom stereocenters. The first-order valence-electron chi connectivity index (χ1n) is 9.08. The van der Waals surface area contributed by atoms with Gasteiger partial charge in [-0.15, -0.1) is 0 Å². The maximum absolute atomic E-state index is 12.7. The predicted molar refractivity (Wildman–Crippen MR) is 105 cm³/mol. The Morgan fingerprint density at radius 3 is 2.22 bits per heavy atom. The van der Waals surface area contributed by atoms with Gasteiger partial charge in [-0.3, -0.25) is 14.4 Å². The van der Waals surface area contributed by atoms with E-state index in [0.717, 1.165) is 11.3 Å². The van der Waals surface area contributed by atoms with Crippen molar-refractivity contribution in [2.24, 2.45) is 0 Å². The van der Waals surface area contributed by atoms with E-state index in [0.29, 0.717) is 23.4 Å². The van der Waals surface area contributed by atoms with Gasteiger partial charge in [0, 0.05) is 17.7 Å². The first-order chi connectivity index (χ1) is 13.0. The van der Waals surface area contributed by atoms with Crippen LogP contribution in [0.25, 0.3) is 0 Å². The average molecular weight is 368 g/mol. The number of rotatable bonds is 9. The van der Waals surface area contributed by atoms with Crippen molar-refractivity contribution in [3.8, 4) is 0 Å². The van der Waals surface area contributed by atoms with Crippen LogP contribution in [0, 0.1) is 0 Å². The van der Waals surface area contributed by atoms with Gasteiger partial charge in [-0.25, -0.2) is 0 Å². The molecule has 0 saturated heterocycles. The van der Waals surface area contributed by atoms with E-state index in [2.05, 4.69) is 10.6 Å². The van der Waals surface area contributed by atoms with Crippen molar-refractivity contribution < 1.29 is 19.3 Å². The van der Waals surface area contributed by atoms with Crippen LogP contribution in [-0.2, 0) is 9.59 Å². The van der Waals surface area contributed by atoms with E-state index in [1.54, 1.807) is 55.6 Å². The molecule has 0 heterocycles. The van der Waals surface area contributed by atoms with E-state index < -0.39 is 0 Å². The number of carbonyl (C=O) groups is 3. The number of benzene rings is 2. The molecule has 0 aliphatic heterocycles. The minimum absolute atomic E-state index is 0.0817. The van der Waals surface area contributed by atoms with Crippen LogP contribution in [0.1, 0.15) is 29.3 Å². The molecule has 0 aliphatic carbocycles. The number of para-hydroxylation sites is 1. The number of anilines is 1. The highest BCUT2D eigenvalue weighted by atomic mass is 16.2. The number of quaternary nitrogens is 1. The molecule has 0 radical (unpaired) electrons. The maximum Gasteiger partial charge on any atom is 0.279 e. The summed E-state index contributed by atoms with van der Waals surface area (Å²) >= 11 is 0. The standard InChI is InChI=1S/C21H25N3O3/c1-3-13-22-19(25)14-24(2)15-20(26)23-18-12-8-7-11-17(18)21(27)16-9-5-4-6-10-16/h4-12H,3,13-15H2,1-2H3,(H,22,25)(H,23,26)/p+1. The van der Waals surface area contributed by atoms with Crippen molar-refractivity contribution in [3.63, 3.8) is 0 Å². The van der Waals surface area contributed by atoms with Gasteiger partial charge >= 0.3 is 0 Å². The molecule has 3 N–H and O–H groups in total. The highest BCUT2D eigenvalue weighted by Gasteiger charge is 2.17. The summed E-state index contributed by atoms with van der Waals surface area (Å²) in [5.74, 6) is -0.475. The Hall–Kier alpha value is -2.99. The van der Waals surface area contributed by atoms with Gasteiger partial charge in [-0.05, 0) is 18.6 Å². The van der Waals surface area contributed by atoms with Crippen molar-refractivity contribution in [2.45, 2.75) is 13.3 Å². The summed E-state index contributed by atoms with van der Waals surface area (Å²) in [4.78, 5) is 37.6. The predicted octanol–water partition coefficient (Wildman–Crippen LogP) is 0.897. The molecule has 0 bridgehead atoms. The smallest absolute Gasteiger partial charge is 0.279 e. The summed E-state index contributed by atoms with van der Waals surface area (Å²) in [7, 11) is 1.78. The third-order valence-electron chi connectivity index (χ3n) is 3.98. The Bertz CT molecular complexity index is 790. The van der Waals surface area contributed by atoms with Crippen molar-refractivity contribution in [1.82, 2.24) is 5.32 Å². The summed E-state index contributed by atoms with van der Waals surface area (Å²) in [5, 5.41) is 5.59. The van der Waals surface area contributed by atoms with Crippen LogP contribution in [0.3, 0.4) is 0 Å². The van der Waals surface area contributed by atoms with Gasteiger partial charge < -0.3 is 15.5 Å². The summed E-state index contributed by atoms with van der Waals surface area (Å²) in [6, 6.07) is 15.9. The monoisotopic (exact) mass is 368 g/mol. The Morgan fingerprint density at radius 2 is 1.52 bits per heavy atom. The Kier molecular flexibility index (Phi) is 7.70. The lowest BCUT2D eigenvalue weighted by Gasteiger charge is -2.15. The molecule has 6 nitrogen and oxygen atoms in total. The SMILES string of the molecule is CCCNC(=O)C[NH+](C)CC(=O)Nc1ccccc1C(=O)c1ccccc1. The summed E-state index contributed by atoms with van der Waals surface area (Å²) < 4.78 is 0. The van der Waals surface area contributed by atoms with Crippen LogP contribution in [-0.4, -0.2) is 44.3 Å². The molecule has 1 unspecified atom stereocenters. The molecule has 27 heavy (non-hydrogen) atoms. The largest absolute Gasteiger partial charge is 0.351 e. The number of nitrogens with one attached hydrogen (secondary N) is 3. The van der Waals surface area contributed by atoms with E-state index in [1.165, 1.54) is 0 Å². The van der Waals surface area contributed by atoms with Crippen molar-refractivity contribution >= 4 is 23.3 Å². The molecule has 142 valence electrons. The topological polar surface area (TPSA) is 79.7 Å². The Morgan fingerprint density at radius 1 is 0.889 bits per heavy atom. The minimum atomic E-state index is -0.246. The quantitative estimate of drug-likeness (QED) is 0.576. The lowest BCUT2D eigenvalue weighted by molar-refractivity contribution is -0.862. The van der Waals surface area contributed by atoms with Crippen LogP contribution >= 0.6 is 0 Å². The van der Waals surface area contributed by atoms with Crippen LogP contribution < -0.4 is 15.5 Å². The van der Waals surface area contributed by atoms with E-state index in [4.69, 9.17) is 0 Å². The third-order valence-corrected chi connectivity index (χ3v) is 3.98. The second-order valence-electron chi connectivity index (χ2n) is 6.45. The lowest BCUT2D eigenvalue weighted by Crippen LogP contribution is -3.11. The number of carbonyl (C=O) groups excluding carboxylic acids is 3. The molecular formula is C21H26N3O3+. The first-order valence-corrected chi connectivity index (χ1v) is 9.08. The van der Waals surface area contributed by atoms with Gasteiger partial charge in [0.2, 0.25) is 0 Å². The fourth-order valence-electron chi connectivity index (χ4n) is 2.67. The molecular weight excluding hydrogens is 342 g/mol. The van der Waals surface area contributed by atoms with E-state index in [-0.39, 0.29) is 30.7 Å². The zero-order chi connectivity index (χ0) is 19.6. The molecule has 0 fully saturated rings. The number of likely N-dealkylation sites (N-methyl/N-ethyl adjacent to an activating group) is 1. The fourth-order valence-corrected chi connectivity index (χ4v) is 2.67. The van der Waals surface area contributed by atoms with Crippen molar-refractivity contribution in [1.29, 1.82) is 0 Å². The molecule has 0 aromatic heterocycles. The fraction of sp³-hybridized carbons (Fsp3) is 0.286. The summed E-state index contributed by atoms with van der Waals surface area (Å²) in [6.07, 6.45) is 0.873. The van der Waals surface area contributed by atoms with Gasteiger partial charge in [0.1, 0.15) is 0 Å². The normalized spacial score (nSPS) is 11.5. The average Bonchev–Trinajstić information content (AvgIpc) is 2.66. The maximum atomic E-state index is 12.7.